The van der Waals surface area contributed by atoms with Crippen LogP contribution in [0.3, 0.4) is 0 Å². The van der Waals surface area contributed by atoms with Gasteiger partial charge in [-0.25, -0.2) is 0 Å². The molecule has 2 aromatic heterocycles. The van der Waals surface area contributed by atoms with Crippen LogP contribution in [0.15, 0.2) is 67.0 Å². The summed E-state index contributed by atoms with van der Waals surface area (Å²) in [5, 5.41) is 0. The van der Waals surface area contributed by atoms with Crippen LogP contribution in [0, 0.1) is 0 Å². The van der Waals surface area contributed by atoms with E-state index in [1.807, 2.05) is 29.2 Å². The van der Waals surface area contributed by atoms with Crippen LogP contribution in [0.4, 0.5) is 0 Å². The fourth-order valence-electron chi connectivity index (χ4n) is 3.89. The number of nitrogens with zero attached hydrogens (tertiary/aromatic N) is 3. The highest BCUT2D eigenvalue weighted by atomic mass is 16.5. The van der Waals surface area contributed by atoms with E-state index in [-0.39, 0.29) is 11.8 Å². The Balaban J connectivity index is 1.48. The molecule has 0 radical (unpaired) electrons. The van der Waals surface area contributed by atoms with E-state index in [1.165, 1.54) is 5.56 Å². The molecule has 3 aromatic rings. The summed E-state index contributed by atoms with van der Waals surface area (Å²) in [6, 6.07) is 17.9. The highest BCUT2D eigenvalue weighted by molar-refractivity contribution is 5.94. The Morgan fingerprint density at radius 2 is 2.07 bits per heavy atom. The summed E-state index contributed by atoms with van der Waals surface area (Å²) < 4.78 is 5.32. The van der Waals surface area contributed by atoms with Crippen molar-refractivity contribution in [1.82, 2.24) is 14.9 Å². The van der Waals surface area contributed by atoms with Gasteiger partial charge in [0.2, 0.25) is 0 Å². The quantitative estimate of drug-likeness (QED) is 0.662. The third-order valence-electron chi connectivity index (χ3n) is 5.38. The molecule has 1 aliphatic heterocycles. The number of ether oxygens (including phenoxy) is 1. The fourth-order valence-corrected chi connectivity index (χ4v) is 3.89. The Labute approximate surface area is 171 Å². The topological polar surface area (TPSA) is 55.3 Å². The third-order valence-corrected chi connectivity index (χ3v) is 5.38. The molecule has 1 atom stereocenters. The zero-order chi connectivity index (χ0) is 20.1. The number of benzene rings is 1. The van der Waals surface area contributed by atoms with Crippen molar-refractivity contribution in [2.24, 2.45) is 0 Å². The van der Waals surface area contributed by atoms with Gasteiger partial charge in [-0.15, -0.1) is 0 Å². The van der Waals surface area contributed by atoms with Crippen molar-refractivity contribution in [3.8, 4) is 5.75 Å². The summed E-state index contributed by atoms with van der Waals surface area (Å²) in [4.78, 5) is 23.7. The van der Waals surface area contributed by atoms with Crippen molar-refractivity contribution >= 4 is 5.91 Å². The molecule has 1 saturated heterocycles. The first-order chi connectivity index (χ1) is 14.2. The highest BCUT2D eigenvalue weighted by Gasteiger charge is 2.26. The minimum atomic E-state index is 0.0512. The molecule has 0 spiro atoms. The summed E-state index contributed by atoms with van der Waals surface area (Å²) in [5.74, 6) is 1.17. The Bertz CT molecular complexity index is 975. The van der Waals surface area contributed by atoms with Crippen LogP contribution >= 0.6 is 0 Å². The average Bonchev–Trinajstić information content (AvgIpc) is 2.79. The Morgan fingerprint density at radius 1 is 1.17 bits per heavy atom. The van der Waals surface area contributed by atoms with Crippen molar-refractivity contribution < 1.29 is 9.53 Å². The van der Waals surface area contributed by atoms with Gasteiger partial charge in [0.05, 0.1) is 12.7 Å². The van der Waals surface area contributed by atoms with E-state index in [9.17, 15) is 4.79 Å². The van der Waals surface area contributed by atoms with Gasteiger partial charge < -0.3 is 9.64 Å². The van der Waals surface area contributed by atoms with Gasteiger partial charge in [-0.1, -0.05) is 18.2 Å². The number of pyridine rings is 2. The van der Waals surface area contributed by atoms with Gasteiger partial charge in [0.15, 0.2) is 0 Å². The third kappa shape index (κ3) is 4.62. The lowest BCUT2D eigenvalue weighted by molar-refractivity contribution is 0.0705. The summed E-state index contributed by atoms with van der Waals surface area (Å²) in [6.07, 6.45) is 6.12. The lowest BCUT2D eigenvalue weighted by atomic mass is 9.93. The molecule has 148 valence electrons. The molecule has 29 heavy (non-hydrogen) atoms. The van der Waals surface area contributed by atoms with E-state index < -0.39 is 0 Å². The molecule has 0 aliphatic carbocycles. The molecule has 0 bridgehead atoms. The molecule has 1 amide bonds. The van der Waals surface area contributed by atoms with E-state index >= 15 is 0 Å². The molecular formula is C24H25N3O2. The molecule has 1 aliphatic rings. The van der Waals surface area contributed by atoms with Crippen LogP contribution in [0.2, 0.25) is 0 Å². The summed E-state index contributed by atoms with van der Waals surface area (Å²) >= 11 is 0. The smallest absolute Gasteiger partial charge is 0.255 e. The Hall–Kier alpha value is -3.21. The summed E-state index contributed by atoms with van der Waals surface area (Å²) in [7, 11) is 1.68. The maximum Gasteiger partial charge on any atom is 0.255 e. The van der Waals surface area contributed by atoms with Crippen molar-refractivity contribution in [1.29, 1.82) is 0 Å². The minimum Gasteiger partial charge on any atom is -0.497 e. The molecule has 1 unspecified atom stereocenters. The second-order valence-corrected chi connectivity index (χ2v) is 7.41. The number of hydrogen-bond acceptors (Lipinski definition) is 4. The normalized spacial score (nSPS) is 16.4. The number of rotatable bonds is 5. The molecule has 5 nitrogen and oxygen atoms in total. The van der Waals surface area contributed by atoms with Crippen LogP contribution in [0.5, 0.6) is 5.75 Å². The number of hydrogen-bond donors (Lipinski definition) is 0. The number of aromatic nitrogens is 2. The molecule has 1 fully saturated rings. The van der Waals surface area contributed by atoms with Gasteiger partial charge in [0.25, 0.3) is 5.91 Å². The number of methoxy groups -OCH3 is 1. The molecular weight excluding hydrogens is 362 g/mol. The average molecular weight is 387 g/mol. The second-order valence-electron chi connectivity index (χ2n) is 7.41. The Kier molecular flexibility index (Phi) is 5.84. The van der Waals surface area contributed by atoms with Crippen LogP contribution in [0.1, 0.15) is 46.1 Å². The minimum absolute atomic E-state index is 0.0512. The number of amides is 1. The molecule has 4 rings (SSSR count). The van der Waals surface area contributed by atoms with Gasteiger partial charge in [-0.2, -0.15) is 0 Å². The lowest BCUT2D eigenvalue weighted by Gasteiger charge is -2.32. The van der Waals surface area contributed by atoms with Crippen LogP contribution in [-0.2, 0) is 6.42 Å². The maximum atomic E-state index is 12.8. The monoisotopic (exact) mass is 387 g/mol. The van der Waals surface area contributed by atoms with Crippen LogP contribution < -0.4 is 4.74 Å². The SMILES string of the molecule is COc1cccc(Cc2cccc(C3CCCN(C(=O)c4cccnc4)C3)n2)c1. The van der Waals surface area contributed by atoms with Crippen molar-refractivity contribution in [2.45, 2.75) is 25.2 Å². The largest absolute Gasteiger partial charge is 0.497 e. The number of likely N-dealkylation sites (tertiary alicyclic amines) is 1. The van der Waals surface area contributed by atoms with E-state index in [1.54, 1.807) is 25.6 Å². The first-order valence-electron chi connectivity index (χ1n) is 10.0. The van der Waals surface area contributed by atoms with Crippen molar-refractivity contribution in [3.63, 3.8) is 0 Å². The summed E-state index contributed by atoms with van der Waals surface area (Å²) in [6.45, 7) is 1.48. The number of carbonyl (C=O) groups is 1. The molecule has 3 heterocycles. The van der Waals surface area contributed by atoms with E-state index in [4.69, 9.17) is 9.72 Å². The van der Waals surface area contributed by atoms with Crippen molar-refractivity contribution in [3.05, 3.63) is 89.5 Å². The van der Waals surface area contributed by atoms with Gasteiger partial charge in [0, 0.05) is 49.2 Å². The van der Waals surface area contributed by atoms with Gasteiger partial charge >= 0.3 is 0 Å². The second kappa shape index (κ2) is 8.86. The first-order valence-corrected chi connectivity index (χ1v) is 10.0. The first kappa shape index (κ1) is 19.1. The predicted molar refractivity (Wildman–Crippen MR) is 112 cm³/mol. The summed E-state index contributed by atoms with van der Waals surface area (Å²) in [5.41, 5.74) is 3.92. The lowest BCUT2D eigenvalue weighted by Crippen LogP contribution is -2.39. The van der Waals surface area contributed by atoms with Gasteiger partial charge in [0.1, 0.15) is 5.75 Å². The molecule has 0 N–H and O–H groups in total. The van der Waals surface area contributed by atoms with E-state index in [0.29, 0.717) is 12.1 Å². The predicted octanol–water partition coefficient (Wildman–Crippen LogP) is 4.10. The van der Waals surface area contributed by atoms with Crippen molar-refractivity contribution in [2.75, 3.05) is 20.2 Å². The molecule has 0 saturated carbocycles. The fraction of sp³-hybridized carbons (Fsp3) is 0.292. The van der Waals surface area contributed by atoms with Gasteiger partial charge in [-0.3, -0.25) is 14.8 Å². The Morgan fingerprint density at radius 3 is 2.90 bits per heavy atom. The highest BCUT2D eigenvalue weighted by Crippen LogP contribution is 2.27. The molecule has 1 aromatic carbocycles. The standard InChI is InChI=1S/C24H25N3O2/c1-29-22-10-2-6-18(15-22)14-21-9-3-11-23(26-21)20-8-5-13-27(17-20)24(28)19-7-4-12-25-16-19/h2-4,6-7,9-12,15-16,20H,5,8,13-14,17H2,1H3. The number of piperidine rings is 1. The van der Waals surface area contributed by atoms with E-state index in [0.717, 1.165) is 42.9 Å². The number of carbonyl (C=O) groups excluding carboxylic acids is 1. The van der Waals surface area contributed by atoms with Crippen LogP contribution in [-0.4, -0.2) is 41.0 Å². The maximum absolute atomic E-state index is 12.8. The molecule has 5 heteroatoms. The van der Waals surface area contributed by atoms with Crippen LogP contribution in [0.25, 0.3) is 0 Å². The van der Waals surface area contributed by atoms with E-state index in [2.05, 4.69) is 29.2 Å². The zero-order valence-electron chi connectivity index (χ0n) is 16.6. The van der Waals surface area contributed by atoms with Gasteiger partial charge in [-0.05, 0) is 54.8 Å². The zero-order valence-corrected chi connectivity index (χ0v) is 16.6.